The molecule has 6 nitrogen and oxygen atoms in total. The van der Waals surface area contributed by atoms with Gasteiger partial charge in [0.15, 0.2) is 0 Å². The zero-order valence-corrected chi connectivity index (χ0v) is 15.0. The lowest BCUT2D eigenvalue weighted by Gasteiger charge is -2.21. The number of benzene rings is 1. The van der Waals surface area contributed by atoms with E-state index in [4.69, 9.17) is 0 Å². The second-order valence-corrected chi connectivity index (χ2v) is 6.68. The van der Waals surface area contributed by atoms with Crippen molar-refractivity contribution in [1.29, 1.82) is 0 Å². The molecule has 0 saturated carbocycles. The monoisotopic (exact) mass is 388 g/mol. The van der Waals surface area contributed by atoms with E-state index in [9.17, 15) is 13.2 Å². The molecule has 1 fully saturated rings. The van der Waals surface area contributed by atoms with Crippen LogP contribution in [-0.2, 0) is 0 Å². The second-order valence-electron chi connectivity index (χ2n) is 6.68. The van der Waals surface area contributed by atoms with Crippen LogP contribution in [0.25, 0.3) is 11.4 Å². The molecule has 3 aromatic rings. The molecule has 9 heteroatoms. The minimum Gasteiger partial charge on any atom is -0.330 e. The Balaban J connectivity index is 1.60. The van der Waals surface area contributed by atoms with Gasteiger partial charge >= 0.3 is 6.18 Å². The predicted molar refractivity (Wildman–Crippen MR) is 97.7 cm³/mol. The lowest BCUT2D eigenvalue weighted by Crippen LogP contribution is -2.43. The maximum absolute atomic E-state index is 13.2. The number of nitrogens with zero attached hydrogens (tertiary/aromatic N) is 3. The highest BCUT2D eigenvalue weighted by atomic mass is 19.4. The molecule has 1 aromatic carbocycles. The van der Waals surface area contributed by atoms with Crippen LogP contribution in [0.3, 0.4) is 0 Å². The molecule has 146 valence electrons. The number of halogens is 3. The number of hydrogen-bond donors (Lipinski definition) is 3. The SMILES string of the molecule is CC(c1ccccc1)n1cnc(-c2cc(C3NNNC3C(F)(F)F)ccn2)c1. The molecule has 0 spiro atoms. The van der Waals surface area contributed by atoms with Crippen LogP contribution in [0.15, 0.2) is 61.2 Å². The molecular formula is C19H19F3N6. The van der Waals surface area contributed by atoms with Gasteiger partial charge in [0.2, 0.25) is 0 Å². The number of aromatic nitrogens is 3. The van der Waals surface area contributed by atoms with Crippen molar-refractivity contribution in [2.75, 3.05) is 0 Å². The van der Waals surface area contributed by atoms with Crippen LogP contribution in [0.2, 0.25) is 0 Å². The van der Waals surface area contributed by atoms with Crippen LogP contribution in [0.4, 0.5) is 13.2 Å². The molecule has 4 rings (SSSR count). The quantitative estimate of drug-likeness (QED) is 0.641. The Labute approximate surface area is 159 Å². The van der Waals surface area contributed by atoms with E-state index < -0.39 is 18.3 Å². The summed E-state index contributed by atoms with van der Waals surface area (Å²) in [6, 6.07) is 10.5. The van der Waals surface area contributed by atoms with Crippen LogP contribution >= 0.6 is 0 Å². The average Bonchev–Trinajstić information content (AvgIpc) is 3.38. The minimum atomic E-state index is -4.39. The zero-order chi connectivity index (χ0) is 19.7. The predicted octanol–water partition coefficient (Wildman–Crippen LogP) is 3.14. The van der Waals surface area contributed by atoms with Gasteiger partial charge in [0.1, 0.15) is 11.7 Å². The van der Waals surface area contributed by atoms with E-state index in [1.54, 1.807) is 18.5 Å². The third-order valence-electron chi connectivity index (χ3n) is 4.88. The number of alkyl halides is 3. The first-order valence-electron chi connectivity index (χ1n) is 8.81. The Kier molecular flexibility index (Phi) is 4.88. The summed E-state index contributed by atoms with van der Waals surface area (Å²) in [5, 5.41) is 0. The molecule has 28 heavy (non-hydrogen) atoms. The number of hydrazine groups is 2. The standard InChI is InChI=1S/C19H19F3N6/c1-12(13-5-3-2-4-6-13)28-10-16(24-11-28)15-9-14(7-8-23-15)17-18(19(20,21)22)26-27-25-17/h2-12,17-18,25-27H,1H3. The molecule has 1 saturated heterocycles. The van der Waals surface area contributed by atoms with Crippen LogP contribution in [0, 0.1) is 0 Å². The molecule has 0 amide bonds. The Morgan fingerprint density at radius 3 is 2.57 bits per heavy atom. The lowest BCUT2D eigenvalue weighted by atomic mass is 10.0. The van der Waals surface area contributed by atoms with Gasteiger partial charge in [-0.1, -0.05) is 30.3 Å². The first kappa shape index (κ1) is 18.6. The topological polar surface area (TPSA) is 66.8 Å². The summed E-state index contributed by atoms with van der Waals surface area (Å²) in [5.74, 6) is 0. The molecule has 0 bridgehead atoms. The average molecular weight is 388 g/mol. The molecule has 0 aliphatic carbocycles. The molecule has 1 aliphatic heterocycles. The Morgan fingerprint density at radius 2 is 1.82 bits per heavy atom. The summed E-state index contributed by atoms with van der Waals surface area (Å²) in [7, 11) is 0. The van der Waals surface area contributed by atoms with Crippen LogP contribution in [0.5, 0.6) is 0 Å². The summed E-state index contributed by atoms with van der Waals surface area (Å²) < 4.78 is 41.6. The van der Waals surface area contributed by atoms with Gasteiger partial charge in [-0.25, -0.2) is 15.8 Å². The number of pyridine rings is 1. The summed E-state index contributed by atoms with van der Waals surface area (Å²) in [6.07, 6.45) is 0.662. The smallest absolute Gasteiger partial charge is 0.330 e. The highest BCUT2D eigenvalue weighted by Crippen LogP contribution is 2.32. The Morgan fingerprint density at radius 1 is 1.04 bits per heavy atom. The van der Waals surface area contributed by atoms with Gasteiger partial charge in [0, 0.05) is 12.4 Å². The molecule has 3 heterocycles. The third kappa shape index (κ3) is 3.64. The molecule has 3 atom stereocenters. The maximum atomic E-state index is 13.2. The molecule has 1 aliphatic rings. The van der Waals surface area contributed by atoms with Crippen molar-refractivity contribution in [1.82, 2.24) is 30.9 Å². The molecule has 2 aromatic heterocycles. The van der Waals surface area contributed by atoms with E-state index in [0.717, 1.165) is 5.56 Å². The normalized spacial score (nSPS) is 21.0. The van der Waals surface area contributed by atoms with E-state index in [2.05, 4.69) is 33.3 Å². The second kappa shape index (κ2) is 7.34. The van der Waals surface area contributed by atoms with Crippen LogP contribution in [-0.4, -0.2) is 26.8 Å². The van der Waals surface area contributed by atoms with E-state index in [1.807, 2.05) is 41.1 Å². The summed E-state index contributed by atoms with van der Waals surface area (Å²) >= 11 is 0. The molecular weight excluding hydrogens is 369 g/mol. The van der Waals surface area contributed by atoms with Crippen molar-refractivity contribution < 1.29 is 13.2 Å². The molecule has 0 radical (unpaired) electrons. The number of rotatable bonds is 4. The molecule has 3 unspecified atom stereocenters. The van der Waals surface area contributed by atoms with Crippen molar-refractivity contribution in [3.63, 3.8) is 0 Å². The Bertz CT molecular complexity index is 940. The van der Waals surface area contributed by atoms with E-state index in [-0.39, 0.29) is 6.04 Å². The van der Waals surface area contributed by atoms with Crippen molar-refractivity contribution in [3.05, 3.63) is 72.3 Å². The maximum Gasteiger partial charge on any atom is 0.407 e. The van der Waals surface area contributed by atoms with Crippen molar-refractivity contribution in [2.45, 2.75) is 31.2 Å². The van der Waals surface area contributed by atoms with Gasteiger partial charge in [0.25, 0.3) is 0 Å². The third-order valence-corrected chi connectivity index (χ3v) is 4.88. The zero-order valence-electron chi connectivity index (χ0n) is 15.0. The van der Waals surface area contributed by atoms with E-state index >= 15 is 0 Å². The van der Waals surface area contributed by atoms with Crippen molar-refractivity contribution >= 4 is 0 Å². The Hall–Kier alpha value is -2.75. The lowest BCUT2D eigenvalue weighted by molar-refractivity contribution is -0.156. The first-order valence-corrected chi connectivity index (χ1v) is 8.81. The van der Waals surface area contributed by atoms with E-state index in [1.165, 1.54) is 6.20 Å². The highest BCUT2D eigenvalue weighted by Gasteiger charge is 2.48. The van der Waals surface area contributed by atoms with Gasteiger partial charge in [0.05, 0.1) is 24.1 Å². The highest BCUT2D eigenvalue weighted by molar-refractivity contribution is 5.54. The number of nitrogens with one attached hydrogen (secondary N) is 3. The van der Waals surface area contributed by atoms with Gasteiger partial charge in [-0.3, -0.25) is 4.98 Å². The van der Waals surface area contributed by atoms with Gasteiger partial charge < -0.3 is 4.57 Å². The summed E-state index contributed by atoms with van der Waals surface area (Å²) in [4.78, 5) is 8.68. The van der Waals surface area contributed by atoms with Crippen molar-refractivity contribution in [2.24, 2.45) is 0 Å². The summed E-state index contributed by atoms with van der Waals surface area (Å²) in [5.41, 5.74) is 9.92. The fraction of sp³-hybridized carbons (Fsp3) is 0.263. The van der Waals surface area contributed by atoms with Crippen LogP contribution < -0.4 is 16.4 Å². The largest absolute Gasteiger partial charge is 0.407 e. The fourth-order valence-electron chi connectivity index (χ4n) is 3.28. The number of imidazole rings is 1. The summed E-state index contributed by atoms with van der Waals surface area (Å²) in [6.45, 7) is 2.05. The van der Waals surface area contributed by atoms with E-state index in [0.29, 0.717) is 17.0 Å². The fourth-order valence-corrected chi connectivity index (χ4v) is 3.28. The minimum absolute atomic E-state index is 0.0742. The van der Waals surface area contributed by atoms with Crippen molar-refractivity contribution in [3.8, 4) is 11.4 Å². The van der Waals surface area contributed by atoms with Gasteiger partial charge in [-0.2, -0.15) is 18.7 Å². The first-order chi connectivity index (χ1) is 13.4. The number of hydrogen-bond acceptors (Lipinski definition) is 5. The van der Waals surface area contributed by atoms with Gasteiger partial charge in [-0.05, 0) is 30.2 Å². The molecule has 3 N–H and O–H groups in total. The van der Waals surface area contributed by atoms with Gasteiger partial charge in [-0.15, -0.1) is 0 Å². The van der Waals surface area contributed by atoms with Crippen LogP contribution in [0.1, 0.15) is 30.1 Å².